The minimum atomic E-state index is 0.0937. The molecule has 0 radical (unpaired) electrons. The minimum Gasteiger partial charge on any atom is -0.377 e. The fourth-order valence-electron chi connectivity index (χ4n) is 3.16. The van der Waals surface area contributed by atoms with Gasteiger partial charge in [0.15, 0.2) is 0 Å². The molecule has 4 nitrogen and oxygen atoms in total. The molecule has 0 aromatic heterocycles. The van der Waals surface area contributed by atoms with Crippen LogP contribution in [0.3, 0.4) is 0 Å². The Morgan fingerprint density at radius 2 is 2.17 bits per heavy atom. The first-order valence-electron chi connectivity index (χ1n) is 7.33. The van der Waals surface area contributed by atoms with Crippen LogP contribution in [0.1, 0.15) is 39.0 Å². The molecule has 2 saturated heterocycles. The summed E-state index contributed by atoms with van der Waals surface area (Å²) in [6.07, 6.45) is 5.35. The molecule has 4 heteroatoms. The number of amides is 1. The highest BCUT2D eigenvalue weighted by Crippen LogP contribution is 2.26. The molecule has 0 bridgehead atoms. The number of nitrogens with zero attached hydrogens (tertiary/aromatic N) is 1. The first-order valence-corrected chi connectivity index (χ1v) is 7.33. The molecular weight excluding hydrogens is 228 g/mol. The van der Waals surface area contributed by atoms with E-state index in [0.717, 1.165) is 45.4 Å². The van der Waals surface area contributed by atoms with Gasteiger partial charge in [0, 0.05) is 19.7 Å². The third kappa shape index (κ3) is 3.04. The Kier molecular flexibility index (Phi) is 5.01. The van der Waals surface area contributed by atoms with Crippen LogP contribution in [0, 0.1) is 5.92 Å². The van der Waals surface area contributed by atoms with E-state index >= 15 is 0 Å². The van der Waals surface area contributed by atoms with E-state index in [0.29, 0.717) is 11.9 Å². The van der Waals surface area contributed by atoms with Crippen molar-refractivity contribution >= 4 is 5.91 Å². The van der Waals surface area contributed by atoms with Crippen LogP contribution in [0.15, 0.2) is 0 Å². The Balaban J connectivity index is 1.94. The summed E-state index contributed by atoms with van der Waals surface area (Å²) >= 11 is 0. The number of nitrogens with one attached hydrogen (secondary N) is 1. The van der Waals surface area contributed by atoms with E-state index in [1.807, 2.05) is 11.9 Å². The van der Waals surface area contributed by atoms with E-state index in [4.69, 9.17) is 4.74 Å². The van der Waals surface area contributed by atoms with E-state index in [1.54, 1.807) is 0 Å². The van der Waals surface area contributed by atoms with Gasteiger partial charge in [0.05, 0.1) is 12.0 Å². The van der Waals surface area contributed by atoms with Gasteiger partial charge in [-0.15, -0.1) is 0 Å². The molecule has 2 aliphatic heterocycles. The summed E-state index contributed by atoms with van der Waals surface area (Å²) < 4.78 is 5.64. The van der Waals surface area contributed by atoms with Crippen molar-refractivity contribution in [3.05, 3.63) is 0 Å². The van der Waals surface area contributed by atoms with Gasteiger partial charge in [-0.05, 0) is 45.2 Å². The van der Waals surface area contributed by atoms with E-state index in [2.05, 4.69) is 12.2 Å². The van der Waals surface area contributed by atoms with Crippen LogP contribution in [0.2, 0.25) is 0 Å². The lowest BCUT2D eigenvalue weighted by Crippen LogP contribution is -2.43. The number of ether oxygens (including phenoxy) is 1. The predicted octanol–water partition coefficient (Wildman–Crippen LogP) is 1.40. The van der Waals surface area contributed by atoms with Gasteiger partial charge in [-0.2, -0.15) is 0 Å². The van der Waals surface area contributed by atoms with Gasteiger partial charge in [-0.3, -0.25) is 4.79 Å². The predicted molar refractivity (Wildman–Crippen MR) is 71.4 cm³/mol. The topological polar surface area (TPSA) is 41.6 Å². The highest BCUT2D eigenvalue weighted by Gasteiger charge is 2.36. The number of rotatable bonds is 3. The molecule has 18 heavy (non-hydrogen) atoms. The average Bonchev–Trinajstić information content (AvgIpc) is 2.70. The zero-order chi connectivity index (χ0) is 13.0. The van der Waals surface area contributed by atoms with Crippen molar-refractivity contribution < 1.29 is 9.53 Å². The maximum absolute atomic E-state index is 12.6. The molecule has 0 saturated carbocycles. The minimum absolute atomic E-state index is 0.0937. The molecule has 2 rings (SSSR count). The lowest BCUT2D eigenvalue weighted by atomic mass is 9.96. The largest absolute Gasteiger partial charge is 0.377 e. The summed E-state index contributed by atoms with van der Waals surface area (Å²) in [5, 5.41) is 3.40. The van der Waals surface area contributed by atoms with Crippen molar-refractivity contribution in [1.82, 2.24) is 10.2 Å². The van der Waals surface area contributed by atoms with Crippen LogP contribution in [0.4, 0.5) is 0 Å². The fraction of sp³-hybridized carbons (Fsp3) is 0.929. The lowest BCUT2D eigenvalue weighted by Gasteiger charge is -2.30. The van der Waals surface area contributed by atoms with Gasteiger partial charge in [0.2, 0.25) is 5.91 Å². The number of hydrogen-bond acceptors (Lipinski definition) is 3. The van der Waals surface area contributed by atoms with Gasteiger partial charge in [0.25, 0.3) is 0 Å². The van der Waals surface area contributed by atoms with Crippen LogP contribution < -0.4 is 5.32 Å². The molecule has 1 amide bonds. The second kappa shape index (κ2) is 6.53. The van der Waals surface area contributed by atoms with Crippen LogP contribution in [-0.2, 0) is 9.53 Å². The lowest BCUT2D eigenvalue weighted by molar-refractivity contribution is -0.138. The standard InChI is InChI=1S/C14H26N2O2/c1-3-13-12(7-10-18-13)14(17)16(2)11-5-4-8-15-9-6-11/h11-13,15H,3-10H2,1-2H3. The molecule has 0 spiro atoms. The van der Waals surface area contributed by atoms with Crippen molar-refractivity contribution in [2.45, 2.75) is 51.2 Å². The van der Waals surface area contributed by atoms with Crippen molar-refractivity contribution in [2.75, 3.05) is 26.7 Å². The molecule has 2 fully saturated rings. The van der Waals surface area contributed by atoms with Gasteiger partial charge in [-0.25, -0.2) is 0 Å². The van der Waals surface area contributed by atoms with Crippen molar-refractivity contribution in [3.63, 3.8) is 0 Å². The van der Waals surface area contributed by atoms with Gasteiger partial charge >= 0.3 is 0 Å². The number of hydrogen-bond donors (Lipinski definition) is 1. The highest BCUT2D eigenvalue weighted by molar-refractivity contribution is 5.79. The number of carbonyl (C=O) groups excluding carboxylic acids is 1. The Morgan fingerprint density at radius 1 is 1.33 bits per heavy atom. The van der Waals surface area contributed by atoms with Crippen LogP contribution in [-0.4, -0.2) is 49.7 Å². The first kappa shape index (κ1) is 13.8. The third-order valence-electron chi connectivity index (χ3n) is 4.37. The fourth-order valence-corrected chi connectivity index (χ4v) is 3.16. The summed E-state index contributed by atoms with van der Waals surface area (Å²) in [5.74, 6) is 0.391. The normalized spacial score (nSPS) is 33.1. The third-order valence-corrected chi connectivity index (χ3v) is 4.37. The van der Waals surface area contributed by atoms with Crippen LogP contribution in [0.25, 0.3) is 0 Å². The summed E-state index contributed by atoms with van der Waals surface area (Å²) in [4.78, 5) is 14.5. The van der Waals surface area contributed by atoms with Gasteiger partial charge in [0.1, 0.15) is 0 Å². The average molecular weight is 254 g/mol. The van der Waals surface area contributed by atoms with Crippen molar-refractivity contribution in [2.24, 2.45) is 5.92 Å². The zero-order valence-corrected chi connectivity index (χ0v) is 11.7. The Morgan fingerprint density at radius 3 is 2.94 bits per heavy atom. The Labute approximate surface area is 110 Å². The quantitative estimate of drug-likeness (QED) is 0.828. The van der Waals surface area contributed by atoms with Crippen LogP contribution >= 0.6 is 0 Å². The molecule has 0 aromatic carbocycles. The molecular formula is C14H26N2O2. The monoisotopic (exact) mass is 254 g/mol. The molecule has 0 aliphatic carbocycles. The summed E-state index contributed by atoms with van der Waals surface area (Å²) in [5.41, 5.74) is 0. The molecule has 3 atom stereocenters. The Hall–Kier alpha value is -0.610. The van der Waals surface area contributed by atoms with E-state index in [-0.39, 0.29) is 12.0 Å². The maximum atomic E-state index is 12.6. The highest BCUT2D eigenvalue weighted by atomic mass is 16.5. The first-order chi connectivity index (χ1) is 8.74. The van der Waals surface area contributed by atoms with Gasteiger partial charge in [-0.1, -0.05) is 6.92 Å². The second-order valence-corrected chi connectivity index (χ2v) is 5.50. The Bertz CT molecular complexity index is 275. The number of carbonyl (C=O) groups is 1. The SMILES string of the molecule is CCC1OCCC1C(=O)N(C)C1CCCNCC1. The second-order valence-electron chi connectivity index (χ2n) is 5.50. The molecule has 3 unspecified atom stereocenters. The zero-order valence-electron chi connectivity index (χ0n) is 11.7. The van der Waals surface area contributed by atoms with Gasteiger partial charge < -0.3 is 15.0 Å². The van der Waals surface area contributed by atoms with E-state index in [1.165, 1.54) is 6.42 Å². The summed E-state index contributed by atoms with van der Waals surface area (Å²) in [7, 11) is 1.98. The van der Waals surface area contributed by atoms with Crippen LogP contribution in [0.5, 0.6) is 0 Å². The summed E-state index contributed by atoms with van der Waals surface area (Å²) in [6, 6.07) is 0.408. The summed E-state index contributed by atoms with van der Waals surface area (Å²) in [6.45, 7) is 4.96. The van der Waals surface area contributed by atoms with E-state index in [9.17, 15) is 4.79 Å². The maximum Gasteiger partial charge on any atom is 0.228 e. The molecule has 104 valence electrons. The molecule has 2 aliphatic rings. The van der Waals surface area contributed by atoms with Crippen molar-refractivity contribution in [1.29, 1.82) is 0 Å². The molecule has 2 heterocycles. The van der Waals surface area contributed by atoms with E-state index < -0.39 is 0 Å². The smallest absolute Gasteiger partial charge is 0.228 e. The van der Waals surface area contributed by atoms with Crippen molar-refractivity contribution in [3.8, 4) is 0 Å². The molecule has 0 aromatic rings. The molecule has 1 N–H and O–H groups in total.